The average molecular weight is 209 g/mol. The molecule has 0 aliphatic rings. The van der Waals surface area contributed by atoms with Gasteiger partial charge in [0, 0.05) is 30.4 Å². The van der Waals surface area contributed by atoms with E-state index < -0.39 is 0 Å². The lowest BCUT2D eigenvalue weighted by Crippen LogP contribution is -2.29. The molecule has 0 radical (unpaired) electrons. The van der Waals surface area contributed by atoms with Crippen molar-refractivity contribution in [3.63, 3.8) is 0 Å². The van der Waals surface area contributed by atoms with E-state index in [0.29, 0.717) is 12.1 Å². The Bertz CT molecular complexity index is 384. The number of rotatable bonds is 4. The number of pyridine rings is 1. The minimum Gasteiger partial charge on any atom is -0.352 e. The summed E-state index contributed by atoms with van der Waals surface area (Å²) in [5.41, 5.74) is 5.62. The molecule has 0 fully saturated rings. The van der Waals surface area contributed by atoms with Crippen molar-refractivity contribution in [2.75, 3.05) is 6.54 Å². The van der Waals surface area contributed by atoms with Gasteiger partial charge in [-0.15, -0.1) is 0 Å². The second-order valence-corrected chi connectivity index (χ2v) is 3.46. The van der Waals surface area contributed by atoms with Gasteiger partial charge in [-0.05, 0) is 19.4 Å². The van der Waals surface area contributed by atoms with Crippen LogP contribution in [-0.4, -0.2) is 23.5 Å². The number of nitrogens with two attached hydrogens (primary N) is 1. The van der Waals surface area contributed by atoms with Crippen LogP contribution in [0.1, 0.15) is 23.7 Å². The fourth-order valence-corrected chi connectivity index (χ4v) is 1.10. The van der Waals surface area contributed by atoms with Crippen molar-refractivity contribution >= 4 is 5.91 Å². The topological polar surface area (TPSA) is 88.0 Å². The quantitative estimate of drug-likeness (QED) is 0.644. The maximum Gasteiger partial charge on any atom is 0.251 e. The number of carbonyl (C=O) groups excluding carboxylic acids is 1. The number of amides is 1. The molecule has 0 bridgehead atoms. The molecule has 82 valence electrons. The lowest BCUT2D eigenvalue weighted by atomic mass is 10.2. The van der Waals surface area contributed by atoms with Crippen LogP contribution >= 0.6 is 0 Å². The van der Waals surface area contributed by atoms with Gasteiger partial charge in [0.25, 0.3) is 5.91 Å². The van der Waals surface area contributed by atoms with Gasteiger partial charge in [-0.3, -0.25) is 9.59 Å². The van der Waals surface area contributed by atoms with E-state index in [9.17, 15) is 9.59 Å². The van der Waals surface area contributed by atoms with Gasteiger partial charge < -0.3 is 16.0 Å². The van der Waals surface area contributed by atoms with Crippen LogP contribution in [0.2, 0.25) is 0 Å². The molecule has 0 spiro atoms. The number of nitrogens with one attached hydrogen (secondary N) is 2. The maximum atomic E-state index is 11.5. The van der Waals surface area contributed by atoms with Crippen LogP contribution in [0.4, 0.5) is 0 Å². The van der Waals surface area contributed by atoms with Crippen LogP contribution in [0, 0.1) is 0 Å². The summed E-state index contributed by atoms with van der Waals surface area (Å²) in [5, 5.41) is 2.69. The van der Waals surface area contributed by atoms with Gasteiger partial charge in [0.05, 0.1) is 0 Å². The Kier molecular flexibility index (Phi) is 4.05. The highest BCUT2D eigenvalue weighted by atomic mass is 16.2. The second kappa shape index (κ2) is 5.31. The predicted molar refractivity (Wildman–Crippen MR) is 57.7 cm³/mol. The third kappa shape index (κ3) is 3.95. The zero-order chi connectivity index (χ0) is 11.3. The first kappa shape index (κ1) is 11.5. The molecule has 0 aromatic carbocycles. The first-order valence-electron chi connectivity index (χ1n) is 4.82. The van der Waals surface area contributed by atoms with Crippen LogP contribution in [0.15, 0.2) is 23.1 Å². The first-order valence-corrected chi connectivity index (χ1v) is 4.82. The molecule has 1 aromatic rings. The SMILES string of the molecule is CC(N)CCNC(=O)c1cc[nH]c(=O)c1. The highest BCUT2D eigenvalue weighted by molar-refractivity contribution is 5.93. The van der Waals surface area contributed by atoms with Crippen LogP contribution in [0.25, 0.3) is 0 Å². The van der Waals surface area contributed by atoms with Crippen LogP contribution in [-0.2, 0) is 0 Å². The number of H-pyrrole nitrogens is 1. The minimum absolute atomic E-state index is 0.0597. The van der Waals surface area contributed by atoms with E-state index in [0.717, 1.165) is 6.42 Å². The first-order chi connectivity index (χ1) is 7.09. The van der Waals surface area contributed by atoms with Gasteiger partial charge in [-0.2, -0.15) is 0 Å². The maximum absolute atomic E-state index is 11.5. The number of aromatic amines is 1. The monoisotopic (exact) mass is 209 g/mol. The van der Waals surface area contributed by atoms with Crippen molar-refractivity contribution in [3.05, 3.63) is 34.2 Å². The predicted octanol–water partition coefficient (Wildman–Crippen LogP) is -0.158. The van der Waals surface area contributed by atoms with E-state index in [-0.39, 0.29) is 17.5 Å². The molecule has 1 aromatic heterocycles. The smallest absolute Gasteiger partial charge is 0.251 e. The van der Waals surface area contributed by atoms with Crippen molar-refractivity contribution in [3.8, 4) is 0 Å². The summed E-state index contributed by atoms with van der Waals surface area (Å²) in [5.74, 6) is -0.248. The van der Waals surface area contributed by atoms with Gasteiger partial charge in [0.15, 0.2) is 0 Å². The molecule has 5 nitrogen and oxygen atoms in total. The van der Waals surface area contributed by atoms with Crippen molar-refractivity contribution in [2.24, 2.45) is 5.73 Å². The van der Waals surface area contributed by atoms with Gasteiger partial charge in [0.1, 0.15) is 0 Å². The molecule has 0 saturated heterocycles. The lowest BCUT2D eigenvalue weighted by Gasteiger charge is -2.06. The summed E-state index contributed by atoms with van der Waals surface area (Å²) in [6.45, 7) is 2.39. The Balaban J connectivity index is 2.51. The Morgan fingerprint density at radius 2 is 2.40 bits per heavy atom. The van der Waals surface area contributed by atoms with Crippen LogP contribution in [0.5, 0.6) is 0 Å². The third-order valence-electron chi connectivity index (χ3n) is 1.92. The van der Waals surface area contributed by atoms with E-state index in [1.807, 2.05) is 6.92 Å². The van der Waals surface area contributed by atoms with Gasteiger partial charge in [-0.1, -0.05) is 0 Å². The fourth-order valence-electron chi connectivity index (χ4n) is 1.10. The molecule has 1 amide bonds. The van der Waals surface area contributed by atoms with Gasteiger partial charge >= 0.3 is 0 Å². The fraction of sp³-hybridized carbons (Fsp3) is 0.400. The second-order valence-electron chi connectivity index (χ2n) is 3.46. The molecule has 1 rings (SSSR count). The van der Waals surface area contributed by atoms with Crippen molar-refractivity contribution in [1.29, 1.82) is 0 Å². The molecule has 15 heavy (non-hydrogen) atoms. The van der Waals surface area contributed by atoms with E-state index in [1.54, 1.807) is 6.07 Å². The van der Waals surface area contributed by atoms with E-state index >= 15 is 0 Å². The molecule has 1 heterocycles. The lowest BCUT2D eigenvalue weighted by molar-refractivity contribution is 0.0952. The zero-order valence-electron chi connectivity index (χ0n) is 8.62. The summed E-state index contributed by atoms with van der Waals surface area (Å²) in [7, 11) is 0. The number of aromatic nitrogens is 1. The summed E-state index contributed by atoms with van der Waals surface area (Å²) < 4.78 is 0. The molecule has 1 atom stereocenters. The summed E-state index contributed by atoms with van der Waals surface area (Å²) in [6, 6.07) is 2.88. The molecule has 0 saturated carbocycles. The summed E-state index contributed by atoms with van der Waals surface area (Å²) in [6.07, 6.45) is 2.16. The van der Waals surface area contributed by atoms with Gasteiger partial charge in [-0.25, -0.2) is 0 Å². The van der Waals surface area contributed by atoms with Crippen LogP contribution < -0.4 is 16.6 Å². The van der Waals surface area contributed by atoms with Crippen LogP contribution in [0.3, 0.4) is 0 Å². The minimum atomic E-state index is -0.283. The highest BCUT2D eigenvalue weighted by Gasteiger charge is 2.04. The van der Waals surface area contributed by atoms with E-state index in [1.165, 1.54) is 12.3 Å². The van der Waals surface area contributed by atoms with Gasteiger partial charge in [0.2, 0.25) is 5.56 Å². The number of hydrogen-bond acceptors (Lipinski definition) is 3. The normalized spacial score (nSPS) is 12.1. The molecule has 0 aliphatic heterocycles. The molecule has 1 unspecified atom stereocenters. The largest absolute Gasteiger partial charge is 0.352 e. The highest BCUT2D eigenvalue weighted by Crippen LogP contribution is 1.93. The molecule has 5 heteroatoms. The number of carbonyl (C=O) groups is 1. The summed E-state index contributed by atoms with van der Waals surface area (Å²) >= 11 is 0. The summed E-state index contributed by atoms with van der Waals surface area (Å²) in [4.78, 5) is 24.8. The van der Waals surface area contributed by atoms with Crippen molar-refractivity contribution in [2.45, 2.75) is 19.4 Å². The Hall–Kier alpha value is -1.62. The van der Waals surface area contributed by atoms with E-state index in [4.69, 9.17) is 5.73 Å². The van der Waals surface area contributed by atoms with Crippen molar-refractivity contribution in [1.82, 2.24) is 10.3 Å². The Morgan fingerprint density at radius 3 is 3.00 bits per heavy atom. The molecular formula is C10H15N3O2. The molecule has 4 N–H and O–H groups in total. The average Bonchev–Trinajstić information content (AvgIpc) is 2.17. The molecule has 0 aliphatic carbocycles. The van der Waals surface area contributed by atoms with E-state index in [2.05, 4.69) is 10.3 Å². The Morgan fingerprint density at radius 1 is 1.67 bits per heavy atom. The van der Waals surface area contributed by atoms with Crippen molar-refractivity contribution < 1.29 is 4.79 Å². The standard InChI is InChI=1S/C10H15N3O2/c1-7(11)2-4-13-10(15)8-3-5-12-9(14)6-8/h3,5-7H,2,4,11H2,1H3,(H,12,14)(H,13,15). The Labute approximate surface area is 87.7 Å². The zero-order valence-corrected chi connectivity index (χ0v) is 8.62. The molecular weight excluding hydrogens is 194 g/mol. The third-order valence-corrected chi connectivity index (χ3v) is 1.92. The number of hydrogen-bond donors (Lipinski definition) is 3.